The van der Waals surface area contributed by atoms with Crippen molar-refractivity contribution in [3.05, 3.63) is 0 Å². The molecular formula is C13H23N. The van der Waals surface area contributed by atoms with Gasteiger partial charge in [0.2, 0.25) is 0 Å². The molecule has 1 nitrogen and oxygen atoms in total. The maximum Gasteiger partial charge on any atom is 0.0101 e. The lowest BCUT2D eigenvalue weighted by molar-refractivity contribution is 0.158. The SMILES string of the molecule is N[C@@H]1[C@@H]2CC[C@@H](C2)[C@H]1C1CCCCC1. The molecule has 3 fully saturated rings. The molecule has 0 aromatic heterocycles. The van der Waals surface area contributed by atoms with E-state index in [9.17, 15) is 0 Å². The average Bonchev–Trinajstić information content (AvgIpc) is 2.79. The van der Waals surface area contributed by atoms with Gasteiger partial charge in [-0.05, 0) is 42.9 Å². The molecule has 0 amide bonds. The van der Waals surface area contributed by atoms with Gasteiger partial charge in [0, 0.05) is 6.04 Å². The van der Waals surface area contributed by atoms with Crippen molar-refractivity contribution in [3.63, 3.8) is 0 Å². The molecule has 14 heavy (non-hydrogen) atoms. The van der Waals surface area contributed by atoms with E-state index in [1.165, 1.54) is 51.4 Å². The molecule has 3 aliphatic rings. The zero-order chi connectivity index (χ0) is 9.54. The average molecular weight is 193 g/mol. The molecule has 0 heterocycles. The molecule has 0 unspecified atom stereocenters. The van der Waals surface area contributed by atoms with Crippen LogP contribution in [0.15, 0.2) is 0 Å². The van der Waals surface area contributed by atoms with Crippen LogP contribution in [-0.2, 0) is 0 Å². The van der Waals surface area contributed by atoms with Gasteiger partial charge in [-0.25, -0.2) is 0 Å². The van der Waals surface area contributed by atoms with Gasteiger partial charge in [-0.3, -0.25) is 0 Å². The second kappa shape index (κ2) is 3.52. The summed E-state index contributed by atoms with van der Waals surface area (Å²) < 4.78 is 0. The Morgan fingerprint density at radius 3 is 2.07 bits per heavy atom. The van der Waals surface area contributed by atoms with Crippen molar-refractivity contribution in [1.82, 2.24) is 0 Å². The van der Waals surface area contributed by atoms with E-state index in [0.29, 0.717) is 6.04 Å². The standard InChI is InChI=1S/C13H23N/c14-13-11-7-6-10(8-11)12(13)9-4-2-1-3-5-9/h9-13H,1-8,14H2/t10-,11+,12+,13+/m0/s1. The third-order valence-electron chi connectivity index (χ3n) is 5.24. The Hall–Kier alpha value is -0.0400. The molecule has 3 saturated carbocycles. The molecule has 0 aromatic rings. The van der Waals surface area contributed by atoms with Crippen molar-refractivity contribution in [2.75, 3.05) is 0 Å². The highest BCUT2D eigenvalue weighted by atomic mass is 14.7. The minimum atomic E-state index is 0.580. The molecule has 1 heteroatoms. The van der Waals surface area contributed by atoms with Crippen LogP contribution < -0.4 is 5.73 Å². The first-order valence-corrected chi connectivity index (χ1v) is 6.62. The van der Waals surface area contributed by atoms with Crippen molar-refractivity contribution in [1.29, 1.82) is 0 Å². The Morgan fingerprint density at radius 1 is 0.714 bits per heavy atom. The first-order valence-electron chi connectivity index (χ1n) is 6.62. The molecule has 2 bridgehead atoms. The summed E-state index contributed by atoms with van der Waals surface area (Å²) in [5, 5.41) is 0. The van der Waals surface area contributed by atoms with Gasteiger partial charge in [0.1, 0.15) is 0 Å². The van der Waals surface area contributed by atoms with Crippen LogP contribution in [0, 0.1) is 23.7 Å². The molecule has 3 aliphatic carbocycles. The summed E-state index contributed by atoms with van der Waals surface area (Å²) in [4.78, 5) is 0. The fourth-order valence-corrected chi connectivity index (χ4v) is 4.60. The summed E-state index contributed by atoms with van der Waals surface area (Å²) in [7, 11) is 0. The normalized spacial score (nSPS) is 48.6. The molecule has 0 aromatic carbocycles. The molecule has 0 saturated heterocycles. The van der Waals surface area contributed by atoms with Crippen molar-refractivity contribution in [2.24, 2.45) is 29.4 Å². The van der Waals surface area contributed by atoms with Gasteiger partial charge in [0.25, 0.3) is 0 Å². The zero-order valence-electron chi connectivity index (χ0n) is 9.12. The van der Waals surface area contributed by atoms with Crippen molar-refractivity contribution >= 4 is 0 Å². The highest BCUT2D eigenvalue weighted by molar-refractivity contribution is 5.01. The van der Waals surface area contributed by atoms with E-state index in [-0.39, 0.29) is 0 Å². The molecule has 0 aliphatic heterocycles. The van der Waals surface area contributed by atoms with E-state index in [1.54, 1.807) is 0 Å². The topological polar surface area (TPSA) is 26.0 Å². The summed E-state index contributed by atoms with van der Waals surface area (Å²) in [6.45, 7) is 0. The maximum absolute atomic E-state index is 6.40. The van der Waals surface area contributed by atoms with Gasteiger partial charge in [-0.2, -0.15) is 0 Å². The van der Waals surface area contributed by atoms with Gasteiger partial charge in [-0.1, -0.05) is 32.1 Å². The van der Waals surface area contributed by atoms with Crippen LogP contribution in [0.4, 0.5) is 0 Å². The van der Waals surface area contributed by atoms with Crippen molar-refractivity contribution in [3.8, 4) is 0 Å². The van der Waals surface area contributed by atoms with Gasteiger partial charge in [0.15, 0.2) is 0 Å². The number of rotatable bonds is 1. The Kier molecular flexibility index (Phi) is 2.31. The van der Waals surface area contributed by atoms with E-state index in [0.717, 1.165) is 23.7 Å². The van der Waals surface area contributed by atoms with Crippen molar-refractivity contribution < 1.29 is 0 Å². The summed E-state index contributed by atoms with van der Waals surface area (Å²) >= 11 is 0. The third-order valence-corrected chi connectivity index (χ3v) is 5.24. The first kappa shape index (κ1) is 9.21. The lowest BCUT2D eigenvalue weighted by Gasteiger charge is -2.37. The van der Waals surface area contributed by atoms with E-state index in [2.05, 4.69) is 0 Å². The summed E-state index contributed by atoms with van der Waals surface area (Å²) in [5.74, 6) is 3.87. The van der Waals surface area contributed by atoms with Gasteiger partial charge in [0.05, 0.1) is 0 Å². The number of hydrogen-bond donors (Lipinski definition) is 1. The number of fused-ring (bicyclic) bond motifs is 2. The highest BCUT2D eigenvalue weighted by Crippen LogP contribution is 2.52. The molecular weight excluding hydrogens is 170 g/mol. The molecule has 3 rings (SSSR count). The van der Waals surface area contributed by atoms with Crippen LogP contribution in [-0.4, -0.2) is 6.04 Å². The zero-order valence-corrected chi connectivity index (χ0v) is 9.12. The molecule has 2 N–H and O–H groups in total. The van der Waals surface area contributed by atoms with E-state index < -0.39 is 0 Å². The lowest BCUT2D eigenvalue weighted by atomic mass is 9.71. The molecule has 0 spiro atoms. The second-order valence-electron chi connectivity index (χ2n) is 5.89. The predicted octanol–water partition coefficient (Wildman–Crippen LogP) is 2.94. The van der Waals surface area contributed by atoms with Crippen molar-refractivity contribution in [2.45, 2.75) is 57.4 Å². The largest absolute Gasteiger partial charge is 0.327 e. The van der Waals surface area contributed by atoms with Crippen LogP contribution in [0.2, 0.25) is 0 Å². The van der Waals surface area contributed by atoms with Crippen LogP contribution in [0.3, 0.4) is 0 Å². The van der Waals surface area contributed by atoms with Gasteiger partial charge < -0.3 is 5.73 Å². The highest BCUT2D eigenvalue weighted by Gasteiger charge is 2.48. The monoisotopic (exact) mass is 193 g/mol. The Bertz CT molecular complexity index is 205. The van der Waals surface area contributed by atoms with E-state index in [1.807, 2.05) is 0 Å². The smallest absolute Gasteiger partial charge is 0.0101 e. The fraction of sp³-hybridized carbons (Fsp3) is 1.00. The predicted molar refractivity (Wildman–Crippen MR) is 58.9 cm³/mol. The van der Waals surface area contributed by atoms with Crippen LogP contribution >= 0.6 is 0 Å². The quantitative estimate of drug-likeness (QED) is 0.681. The van der Waals surface area contributed by atoms with E-state index >= 15 is 0 Å². The van der Waals surface area contributed by atoms with E-state index in [4.69, 9.17) is 5.73 Å². The number of hydrogen-bond acceptors (Lipinski definition) is 1. The van der Waals surface area contributed by atoms with Crippen LogP contribution in [0.5, 0.6) is 0 Å². The summed E-state index contributed by atoms with van der Waals surface area (Å²) in [6, 6.07) is 0.580. The fourth-order valence-electron chi connectivity index (χ4n) is 4.60. The molecule has 0 radical (unpaired) electrons. The Balaban J connectivity index is 1.71. The molecule has 80 valence electrons. The summed E-state index contributed by atoms with van der Waals surface area (Å²) in [6.07, 6.45) is 11.8. The van der Waals surface area contributed by atoms with Gasteiger partial charge in [-0.15, -0.1) is 0 Å². The Morgan fingerprint density at radius 2 is 1.43 bits per heavy atom. The lowest BCUT2D eigenvalue weighted by Crippen LogP contribution is -2.40. The summed E-state index contributed by atoms with van der Waals surface area (Å²) in [5.41, 5.74) is 6.40. The van der Waals surface area contributed by atoms with Crippen LogP contribution in [0.1, 0.15) is 51.4 Å². The molecule has 4 atom stereocenters. The third kappa shape index (κ3) is 1.32. The second-order valence-corrected chi connectivity index (χ2v) is 5.89. The minimum absolute atomic E-state index is 0.580. The Labute approximate surface area is 87.4 Å². The first-order chi connectivity index (χ1) is 6.86. The van der Waals surface area contributed by atoms with Crippen LogP contribution in [0.25, 0.3) is 0 Å². The minimum Gasteiger partial charge on any atom is -0.327 e. The maximum atomic E-state index is 6.40. The van der Waals surface area contributed by atoms with Gasteiger partial charge >= 0.3 is 0 Å². The number of nitrogens with two attached hydrogens (primary N) is 1.